The van der Waals surface area contributed by atoms with Crippen molar-refractivity contribution in [3.05, 3.63) is 134 Å². The van der Waals surface area contributed by atoms with Gasteiger partial charge < -0.3 is 0 Å². The summed E-state index contributed by atoms with van der Waals surface area (Å²) in [7, 11) is -3.90. The Hall–Kier alpha value is -3.23. The van der Waals surface area contributed by atoms with Crippen LogP contribution in [0.4, 0.5) is 0 Å². The van der Waals surface area contributed by atoms with Gasteiger partial charge in [-0.1, -0.05) is 89.7 Å². The van der Waals surface area contributed by atoms with Gasteiger partial charge in [-0.05, 0) is 59.5 Å². The number of benzene rings is 4. The number of aryl methyl sites for hydroxylation is 1. The Labute approximate surface area is 218 Å². The smallest absolute Gasteiger partial charge is 0.294 e. The maximum atomic E-state index is 13.6. The molecule has 5 aromatic rings. The number of halogens is 1. The summed E-state index contributed by atoms with van der Waals surface area (Å²) in [4.78, 5) is 12.7. The maximum absolute atomic E-state index is 13.6. The number of hydrogen-bond donors (Lipinski definition) is 1. The number of thiazole rings is 1. The van der Waals surface area contributed by atoms with E-state index in [1.54, 1.807) is 34.9 Å². The van der Waals surface area contributed by atoms with Crippen LogP contribution in [0.1, 0.15) is 28.3 Å². The van der Waals surface area contributed by atoms with Crippen molar-refractivity contribution in [1.82, 2.24) is 9.29 Å². The van der Waals surface area contributed by atoms with Crippen molar-refractivity contribution in [2.75, 3.05) is 0 Å². The minimum Gasteiger partial charge on any atom is -0.294 e. The normalized spacial score (nSPS) is 12.6. The average Bonchev–Trinajstić information content (AvgIpc) is 3.19. The molecular formula is C28H23ClN2O3S2. The molecule has 36 heavy (non-hydrogen) atoms. The van der Waals surface area contributed by atoms with Gasteiger partial charge in [-0.25, -0.2) is 8.42 Å². The molecule has 0 radical (unpaired) electrons. The molecule has 0 aliphatic rings. The molecule has 5 nitrogen and oxygen atoms in total. The van der Waals surface area contributed by atoms with Gasteiger partial charge in [0.25, 0.3) is 0 Å². The standard InChI is InChI=1S/C28H23ClN2O3S2/c1-19-7-5-6-10-24(19)27(21-8-3-2-4-9-21)30-36(33,34)23-15-16-25-26(17-23)35-28(32)31(25)18-20-11-13-22(29)14-12-20/h2-17,27,30H,18H2,1H3/t27-/m1/s1. The molecule has 0 aliphatic carbocycles. The SMILES string of the molecule is Cc1ccccc1[C@H](NS(=O)(=O)c1ccc2c(c1)sc(=O)n2Cc1ccc(Cl)cc1)c1ccccc1. The van der Waals surface area contributed by atoms with E-state index in [1.807, 2.05) is 73.7 Å². The summed E-state index contributed by atoms with van der Waals surface area (Å²) in [5.74, 6) is 0. The highest BCUT2D eigenvalue weighted by Gasteiger charge is 2.25. The van der Waals surface area contributed by atoms with Crippen molar-refractivity contribution < 1.29 is 8.42 Å². The van der Waals surface area contributed by atoms with Crippen molar-refractivity contribution in [3.63, 3.8) is 0 Å². The lowest BCUT2D eigenvalue weighted by molar-refractivity contribution is 0.572. The van der Waals surface area contributed by atoms with Crippen LogP contribution >= 0.6 is 22.9 Å². The fourth-order valence-corrected chi connectivity index (χ4v) is 6.59. The number of fused-ring (bicyclic) bond motifs is 1. The van der Waals surface area contributed by atoms with Crippen LogP contribution < -0.4 is 9.60 Å². The number of rotatable bonds is 7. The molecule has 1 N–H and O–H groups in total. The van der Waals surface area contributed by atoms with Gasteiger partial charge in [0.05, 0.1) is 27.7 Å². The predicted molar refractivity (Wildman–Crippen MR) is 146 cm³/mol. The van der Waals surface area contributed by atoms with Crippen molar-refractivity contribution in [3.8, 4) is 0 Å². The molecule has 1 heterocycles. The molecule has 0 spiro atoms. The molecule has 0 amide bonds. The summed E-state index contributed by atoms with van der Waals surface area (Å²) in [6.07, 6.45) is 0. The Morgan fingerprint density at radius 2 is 1.61 bits per heavy atom. The molecule has 0 bridgehead atoms. The van der Waals surface area contributed by atoms with Crippen molar-refractivity contribution in [2.24, 2.45) is 0 Å². The fraction of sp³-hybridized carbons (Fsp3) is 0.107. The van der Waals surface area contributed by atoms with Crippen LogP contribution in [0.3, 0.4) is 0 Å². The maximum Gasteiger partial charge on any atom is 0.308 e. The molecule has 1 aromatic heterocycles. The molecule has 1 atom stereocenters. The molecule has 0 fully saturated rings. The van der Waals surface area contributed by atoms with E-state index in [1.165, 1.54) is 0 Å². The van der Waals surface area contributed by atoms with Crippen LogP contribution in [-0.4, -0.2) is 13.0 Å². The van der Waals surface area contributed by atoms with Crippen LogP contribution in [0.2, 0.25) is 5.02 Å². The summed E-state index contributed by atoms with van der Waals surface area (Å²) in [5.41, 5.74) is 4.34. The Kier molecular flexibility index (Phi) is 6.81. The Morgan fingerprint density at radius 3 is 2.33 bits per heavy atom. The molecule has 0 saturated heterocycles. The van der Waals surface area contributed by atoms with E-state index in [4.69, 9.17) is 11.6 Å². The van der Waals surface area contributed by atoms with Crippen LogP contribution in [-0.2, 0) is 16.6 Å². The molecule has 0 aliphatic heterocycles. The largest absolute Gasteiger partial charge is 0.308 e. The molecule has 182 valence electrons. The highest BCUT2D eigenvalue weighted by atomic mass is 35.5. The minimum absolute atomic E-state index is 0.115. The first kappa shape index (κ1) is 24.5. The molecule has 0 saturated carbocycles. The number of sulfonamides is 1. The van der Waals surface area contributed by atoms with Gasteiger partial charge in [0.2, 0.25) is 10.0 Å². The highest BCUT2D eigenvalue weighted by molar-refractivity contribution is 7.89. The van der Waals surface area contributed by atoms with E-state index in [-0.39, 0.29) is 9.77 Å². The first-order chi connectivity index (χ1) is 17.3. The van der Waals surface area contributed by atoms with E-state index in [2.05, 4.69) is 4.72 Å². The summed E-state index contributed by atoms with van der Waals surface area (Å²) >= 11 is 7.01. The summed E-state index contributed by atoms with van der Waals surface area (Å²) in [6, 6.07) is 28.8. The third kappa shape index (κ3) is 5.01. The van der Waals surface area contributed by atoms with Crippen molar-refractivity contribution in [1.29, 1.82) is 0 Å². The second-order valence-electron chi connectivity index (χ2n) is 8.53. The first-order valence-electron chi connectivity index (χ1n) is 11.3. The van der Waals surface area contributed by atoms with Crippen LogP contribution in [0.5, 0.6) is 0 Å². The molecular weight excluding hydrogens is 512 g/mol. The second-order valence-corrected chi connectivity index (χ2v) is 11.7. The third-order valence-corrected chi connectivity index (χ3v) is 8.72. The first-order valence-corrected chi connectivity index (χ1v) is 14.0. The van der Waals surface area contributed by atoms with E-state index in [9.17, 15) is 13.2 Å². The number of aromatic nitrogens is 1. The quantitative estimate of drug-likeness (QED) is 0.272. The second kappa shape index (κ2) is 10.0. The predicted octanol–water partition coefficient (Wildman–Crippen LogP) is 6.14. The van der Waals surface area contributed by atoms with Crippen LogP contribution in [0.15, 0.2) is 107 Å². The van der Waals surface area contributed by atoms with Gasteiger partial charge in [-0.2, -0.15) is 4.72 Å². The molecule has 5 rings (SSSR count). The van der Waals surface area contributed by atoms with Gasteiger partial charge in [0.15, 0.2) is 0 Å². The summed E-state index contributed by atoms with van der Waals surface area (Å²) in [5, 5.41) is 0.628. The fourth-order valence-electron chi connectivity index (χ4n) is 4.23. The van der Waals surface area contributed by atoms with Gasteiger partial charge >= 0.3 is 4.87 Å². The lowest BCUT2D eigenvalue weighted by Gasteiger charge is -2.21. The van der Waals surface area contributed by atoms with Gasteiger partial charge in [-0.3, -0.25) is 9.36 Å². The number of hydrogen-bond acceptors (Lipinski definition) is 4. The lowest BCUT2D eigenvalue weighted by Crippen LogP contribution is -2.30. The van der Waals surface area contributed by atoms with Gasteiger partial charge in [-0.15, -0.1) is 0 Å². The zero-order valence-corrected chi connectivity index (χ0v) is 21.8. The lowest BCUT2D eigenvalue weighted by atomic mass is 9.96. The summed E-state index contributed by atoms with van der Waals surface area (Å²) < 4.78 is 32.3. The minimum atomic E-state index is -3.90. The highest BCUT2D eigenvalue weighted by Crippen LogP contribution is 2.28. The van der Waals surface area contributed by atoms with Gasteiger partial charge in [0, 0.05) is 5.02 Å². The topological polar surface area (TPSA) is 68.2 Å². The van der Waals surface area contributed by atoms with Crippen molar-refractivity contribution >= 4 is 43.2 Å². The molecule has 4 aromatic carbocycles. The van der Waals surface area contributed by atoms with Crippen LogP contribution in [0, 0.1) is 6.92 Å². The Balaban J connectivity index is 1.50. The van der Waals surface area contributed by atoms with Crippen LogP contribution in [0.25, 0.3) is 10.2 Å². The third-order valence-electron chi connectivity index (χ3n) is 6.11. The number of nitrogens with one attached hydrogen (secondary N) is 1. The molecule has 8 heteroatoms. The van der Waals surface area contributed by atoms with E-state index in [0.29, 0.717) is 21.8 Å². The zero-order chi connectivity index (χ0) is 25.3. The van der Waals surface area contributed by atoms with Crippen molar-refractivity contribution in [2.45, 2.75) is 24.4 Å². The van der Waals surface area contributed by atoms with E-state index in [0.717, 1.165) is 33.6 Å². The van der Waals surface area contributed by atoms with E-state index < -0.39 is 16.1 Å². The molecule has 0 unspecified atom stereocenters. The Morgan fingerprint density at radius 1 is 0.917 bits per heavy atom. The average molecular weight is 535 g/mol. The Bertz CT molecular complexity index is 1690. The van der Waals surface area contributed by atoms with Gasteiger partial charge in [0.1, 0.15) is 0 Å². The summed E-state index contributed by atoms with van der Waals surface area (Å²) in [6.45, 7) is 2.34. The number of nitrogens with zero attached hydrogens (tertiary/aromatic N) is 1. The monoisotopic (exact) mass is 534 g/mol. The van der Waals surface area contributed by atoms with E-state index >= 15 is 0 Å². The zero-order valence-electron chi connectivity index (χ0n) is 19.4.